The van der Waals surface area contributed by atoms with Crippen LogP contribution in [-0.4, -0.2) is 6.61 Å². The fourth-order valence-corrected chi connectivity index (χ4v) is 1.92. The molecule has 0 bridgehead atoms. The lowest BCUT2D eigenvalue weighted by atomic mass is 10.0. The minimum Gasteiger partial charge on any atom is -0.493 e. The van der Waals surface area contributed by atoms with E-state index in [1.165, 1.54) is 6.07 Å². The molecule has 0 amide bonds. The molecule has 1 atom stereocenters. The molecule has 0 saturated heterocycles. The van der Waals surface area contributed by atoms with E-state index in [1.807, 2.05) is 0 Å². The van der Waals surface area contributed by atoms with E-state index >= 15 is 0 Å². The first-order valence-electron chi connectivity index (χ1n) is 4.56. The van der Waals surface area contributed by atoms with E-state index in [0.29, 0.717) is 16.8 Å². The summed E-state index contributed by atoms with van der Waals surface area (Å²) in [6, 6.07) is 2.99. The summed E-state index contributed by atoms with van der Waals surface area (Å²) < 4.78 is 19.2. The van der Waals surface area contributed by atoms with Crippen LogP contribution in [0.3, 0.4) is 0 Å². The second kappa shape index (κ2) is 3.87. The number of benzene rings is 1. The van der Waals surface area contributed by atoms with Crippen molar-refractivity contribution in [2.45, 2.75) is 18.9 Å². The maximum atomic E-state index is 13.3. The highest BCUT2D eigenvalue weighted by Gasteiger charge is 2.18. The average Bonchev–Trinajstić information content (AvgIpc) is 2.31. The molecule has 2 rings (SSSR count). The predicted molar refractivity (Wildman–Crippen MR) is 55.8 cm³/mol. The van der Waals surface area contributed by atoms with Crippen LogP contribution < -0.4 is 10.5 Å². The maximum Gasteiger partial charge on any atom is 0.137 e. The first-order chi connectivity index (χ1) is 6.68. The molecule has 0 saturated carbocycles. The van der Waals surface area contributed by atoms with Crippen LogP contribution in [0.1, 0.15) is 24.4 Å². The number of hydrogen-bond donors (Lipinski definition) is 1. The van der Waals surface area contributed by atoms with Crippen molar-refractivity contribution in [2.75, 3.05) is 6.61 Å². The van der Waals surface area contributed by atoms with Gasteiger partial charge in [-0.15, -0.1) is 0 Å². The van der Waals surface area contributed by atoms with Gasteiger partial charge >= 0.3 is 0 Å². The van der Waals surface area contributed by atoms with Gasteiger partial charge in [-0.05, 0) is 40.9 Å². The zero-order chi connectivity index (χ0) is 10.1. The molecular weight excluding hydrogens is 249 g/mol. The van der Waals surface area contributed by atoms with Crippen molar-refractivity contribution in [2.24, 2.45) is 5.73 Å². The Hall–Kier alpha value is -0.610. The Morgan fingerprint density at radius 3 is 3.07 bits per heavy atom. The third-order valence-electron chi connectivity index (χ3n) is 2.37. The quantitative estimate of drug-likeness (QED) is 0.778. The second-order valence-corrected chi connectivity index (χ2v) is 4.26. The predicted octanol–water partition coefficient (Wildman–Crippen LogP) is 2.76. The molecule has 0 aromatic heterocycles. The molecular formula is C10H11BrFNO. The van der Waals surface area contributed by atoms with E-state index in [1.54, 1.807) is 6.07 Å². The monoisotopic (exact) mass is 259 g/mol. The molecule has 2 N–H and O–H groups in total. The number of nitrogens with two attached hydrogens (primary N) is 1. The Kier molecular flexibility index (Phi) is 2.74. The molecule has 1 aromatic carbocycles. The van der Waals surface area contributed by atoms with Crippen LogP contribution in [0.25, 0.3) is 0 Å². The van der Waals surface area contributed by atoms with Gasteiger partial charge in [0, 0.05) is 11.6 Å². The van der Waals surface area contributed by atoms with Crippen LogP contribution in [-0.2, 0) is 0 Å². The van der Waals surface area contributed by atoms with E-state index in [2.05, 4.69) is 15.9 Å². The van der Waals surface area contributed by atoms with Crippen LogP contribution in [0.2, 0.25) is 0 Å². The minimum atomic E-state index is -0.287. The molecule has 2 nitrogen and oxygen atoms in total. The van der Waals surface area contributed by atoms with Gasteiger partial charge in [0.1, 0.15) is 11.6 Å². The summed E-state index contributed by atoms with van der Waals surface area (Å²) in [5.41, 5.74) is 6.67. The molecule has 1 aromatic rings. The Labute approximate surface area is 90.4 Å². The van der Waals surface area contributed by atoms with Gasteiger partial charge in [0.2, 0.25) is 0 Å². The fourth-order valence-electron chi connectivity index (χ4n) is 1.60. The first kappa shape index (κ1) is 9.93. The largest absolute Gasteiger partial charge is 0.493 e. The highest BCUT2D eigenvalue weighted by atomic mass is 79.9. The van der Waals surface area contributed by atoms with Crippen molar-refractivity contribution < 1.29 is 9.13 Å². The Morgan fingerprint density at radius 1 is 1.50 bits per heavy atom. The number of hydrogen-bond acceptors (Lipinski definition) is 2. The number of halogens is 2. The molecule has 0 radical (unpaired) electrons. The number of fused-ring (bicyclic) bond motifs is 1. The summed E-state index contributed by atoms with van der Waals surface area (Å²) in [6.07, 6.45) is 1.75. The van der Waals surface area contributed by atoms with Crippen molar-refractivity contribution in [3.8, 4) is 5.75 Å². The Morgan fingerprint density at radius 2 is 2.29 bits per heavy atom. The summed E-state index contributed by atoms with van der Waals surface area (Å²) in [6.45, 7) is 0.652. The zero-order valence-corrected chi connectivity index (χ0v) is 9.18. The SMILES string of the molecule is NC1CCCOc2cc(Br)c(F)cc21. The normalized spacial score (nSPS) is 20.9. The van der Waals surface area contributed by atoms with E-state index in [9.17, 15) is 4.39 Å². The van der Waals surface area contributed by atoms with E-state index in [0.717, 1.165) is 18.4 Å². The fraction of sp³-hybridized carbons (Fsp3) is 0.400. The average molecular weight is 260 g/mol. The first-order valence-corrected chi connectivity index (χ1v) is 5.35. The molecule has 0 aliphatic carbocycles. The summed E-state index contributed by atoms with van der Waals surface area (Å²) in [7, 11) is 0. The summed E-state index contributed by atoms with van der Waals surface area (Å²) in [4.78, 5) is 0. The topological polar surface area (TPSA) is 35.2 Å². The molecule has 1 aliphatic heterocycles. The van der Waals surface area contributed by atoms with E-state index in [-0.39, 0.29) is 11.9 Å². The lowest BCUT2D eigenvalue weighted by molar-refractivity contribution is 0.315. The maximum absolute atomic E-state index is 13.3. The summed E-state index contributed by atoms with van der Waals surface area (Å²) >= 11 is 3.12. The highest BCUT2D eigenvalue weighted by Crippen LogP contribution is 2.33. The minimum absolute atomic E-state index is 0.116. The van der Waals surface area contributed by atoms with Crippen molar-refractivity contribution in [3.05, 3.63) is 28.0 Å². The van der Waals surface area contributed by atoms with Gasteiger partial charge in [-0.25, -0.2) is 4.39 Å². The van der Waals surface area contributed by atoms with Gasteiger partial charge < -0.3 is 10.5 Å². The number of ether oxygens (including phenoxy) is 1. The van der Waals surface area contributed by atoms with Crippen LogP contribution in [0, 0.1) is 5.82 Å². The van der Waals surface area contributed by atoms with Gasteiger partial charge in [0.15, 0.2) is 0 Å². The van der Waals surface area contributed by atoms with Crippen molar-refractivity contribution in [3.63, 3.8) is 0 Å². The van der Waals surface area contributed by atoms with Crippen LogP contribution >= 0.6 is 15.9 Å². The standard InChI is InChI=1S/C10H11BrFNO/c11-7-5-10-6(4-8(7)12)9(13)2-1-3-14-10/h4-5,9H,1-3,13H2. The van der Waals surface area contributed by atoms with Gasteiger partial charge in [-0.2, -0.15) is 0 Å². The van der Waals surface area contributed by atoms with Crippen LogP contribution in [0.4, 0.5) is 4.39 Å². The smallest absolute Gasteiger partial charge is 0.137 e. The number of rotatable bonds is 0. The van der Waals surface area contributed by atoms with Crippen molar-refractivity contribution in [1.29, 1.82) is 0 Å². The molecule has 1 aliphatic rings. The lowest BCUT2D eigenvalue weighted by Crippen LogP contribution is -2.09. The summed E-state index contributed by atoms with van der Waals surface area (Å²) in [5, 5.41) is 0. The molecule has 1 heterocycles. The zero-order valence-electron chi connectivity index (χ0n) is 7.59. The Bertz CT molecular complexity index is 356. The second-order valence-electron chi connectivity index (χ2n) is 3.40. The van der Waals surface area contributed by atoms with Gasteiger partial charge in [0.05, 0.1) is 11.1 Å². The molecule has 4 heteroatoms. The van der Waals surface area contributed by atoms with Gasteiger partial charge in [0.25, 0.3) is 0 Å². The molecule has 1 unspecified atom stereocenters. The molecule has 0 fully saturated rings. The van der Waals surface area contributed by atoms with Gasteiger partial charge in [-0.1, -0.05) is 0 Å². The molecule has 76 valence electrons. The Balaban J connectivity index is 2.49. The van der Waals surface area contributed by atoms with E-state index in [4.69, 9.17) is 10.5 Å². The van der Waals surface area contributed by atoms with Crippen molar-refractivity contribution in [1.82, 2.24) is 0 Å². The third kappa shape index (κ3) is 1.77. The van der Waals surface area contributed by atoms with Crippen molar-refractivity contribution >= 4 is 15.9 Å². The highest BCUT2D eigenvalue weighted by molar-refractivity contribution is 9.10. The summed E-state index contributed by atoms with van der Waals surface area (Å²) in [5.74, 6) is 0.410. The van der Waals surface area contributed by atoms with Gasteiger partial charge in [-0.3, -0.25) is 0 Å². The molecule has 0 spiro atoms. The third-order valence-corrected chi connectivity index (χ3v) is 2.98. The lowest BCUT2D eigenvalue weighted by Gasteiger charge is -2.12. The van der Waals surface area contributed by atoms with Crippen LogP contribution in [0.15, 0.2) is 16.6 Å². The molecule has 14 heavy (non-hydrogen) atoms. The van der Waals surface area contributed by atoms with E-state index < -0.39 is 0 Å². The van der Waals surface area contributed by atoms with Crippen LogP contribution in [0.5, 0.6) is 5.75 Å².